The van der Waals surface area contributed by atoms with Crippen LogP contribution in [0.3, 0.4) is 0 Å². The maximum Gasteiger partial charge on any atom is 0.357 e. The van der Waals surface area contributed by atoms with Gasteiger partial charge >= 0.3 is 5.97 Å². The van der Waals surface area contributed by atoms with Crippen LogP contribution in [0.2, 0.25) is 0 Å². The van der Waals surface area contributed by atoms with Crippen molar-refractivity contribution in [1.82, 2.24) is 20.2 Å². The number of carbonyl (C=O) groups is 2. The van der Waals surface area contributed by atoms with Gasteiger partial charge in [-0.25, -0.2) is 4.79 Å². The number of benzene rings is 2. The fourth-order valence-corrected chi connectivity index (χ4v) is 2.59. The Morgan fingerprint density at radius 1 is 1.07 bits per heavy atom. The highest BCUT2D eigenvalue weighted by atomic mass is 16.5. The summed E-state index contributed by atoms with van der Waals surface area (Å²) in [5.41, 5.74) is 3.71. The summed E-state index contributed by atoms with van der Waals surface area (Å²) in [5, 5.41) is 13.9. The van der Waals surface area contributed by atoms with Gasteiger partial charge in [0.2, 0.25) is 0 Å². The van der Waals surface area contributed by atoms with E-state index >= 15 is 0 Å². The van der Waals surface area contributed by atoms with Crippen molar-refractivity contribution in [1.29, 1.82) is 0 Å². The van der Waals surface area contributed by atoms with E-state index < -0.39 is 18.5 Å². The SMILES string of the molecule is Cc1ccc(NC(=O)COC(=O)/C(=C/c2ccccc2)n2nnnc2C)cc1C. The van der Waals surface area contributed by atoms with E-state index in [9.17, 15) is 9.59 Å². The first-order chi connectivity index (χ1) is 13.9. The molecule has 0 spiro atoms. The normalized spacial score (nSPS) is 11.2. The summed E-state index contributed by atoms with van der Waals surface area (Å²) in [6.07, 6.45) is 1.60. The van der Waals surface area contributed by atoms with Gasteiger partial charge in [-0.1, -0.05) is 36.4 Å². The second-order valence-corrected chi connectivity index (χ2v) is 6.50. The number of aromatic nitrogens is 4. The molecule has 29 heavy (non-hydrogen) atoms. The Balaban J connectivity index is 1.71. The summed E-state index contributed by atoms with van der Waals surface area (Å²) in [6, 6.07) is 14.8. The van der Waals surface area contributed by atoms with Crippen LogP contribution in [-0.2, 0) is 14.3 Å². The Morgan fingerprint density at radius 2 is 1.83 bits per heavy atom. The molecular weight excluding hydrogens is 370 g/mol. The quantitative estimate of drug-likeness (QED) is 0.512. The molecule has 0 fully saturated rings. The van der Waals surface area contributed by atoms with E-state index in [0.717, 1.165) is 16.7 Å². The highest BCUT2D eigenvalue weighted by Crippen LogP contribution is 2.15. The minimum absolute atomic E-state index is 0.109. The van der Waals surface area contributed by atoms with Crippen LogP contribution < -0.4 is 5.32 Å². The molecule has 1 N–H and O–H groups in total. The smallest absolute Gasteiger partial charge is 0.357 e. The molecule has 0 aliphatic rings. The van der Waals surface area contributed by atoms with Crippen LogP contribution in [0.25, 0.3) is 11.8 Å². The Labute approximate surface area is 168 Å². The van der Waals surface area contributed by atoms with Gasteiger partial charge in [0.1, 0.15) is 0 Å². The van der Waals surface area contributed by atoms with E-state index in [1.54, 1.807) is 19.1 Å². The monoisotopic (exact) mass is 391 g/mol. The minimum atomic E-state index is -0.709. The number of ether oxygens (including phenoxy) is 1. The molecule has 1 heterocycles. The molecule has 0 bridgehead atoms. The molecule has 0 saturated heterocycles. The maximum atomic E-state index is 12.7. The second kappa shape index (κ2) is 8.92. The summed E-state index contributed by atoms with van der Waals surface area (Å²) in [7, 11) is 0. The van der Waals surface area contributed by atoms with Gasteiger partial charge < -0.3 is 10.1 Å². The van der Waals surface area contributed by atoms with Crippen LogP contribution in [0.1, 0.15) is 22.5 Å². The van der Waals surface area contributed by atoms with Gasteiger partial charge in [-0.2, -0.15) is 4.68 Å². The molecule has 0 aliphatic carbocycles. The number of rotatable bonds is 6. The lowest BCUT2D eigenvalue weighted by Gasteiger charge is -2.10. The average Bonchev–Trinajstić information content (AvgIpc) is 3.13. The highest BCUT2D eigenvalue weighted by molar-refractivity contribution is 6.15. The molecular formula is C21H21N5O3. The van der Waals surface area contributed by atoms with Crippen molar-refractivity contribution >= 4 is 29.3 Å². The Hall–Kier alpha value is -3.81. The van der Waals surface area contributed by atoms with Crippen molar-refractivity contribution < 1.29 is 14.3 Å². The summed E-state index contributed by atoms with van der Waals surface area (Å²) >= 11 is 0. The number of carbonyl (C=O) groups excluding carboxylic acids is 2. The second-order valence-electron chi connectivity index (χ2n) is 6.50. The van der Waals surface area contributed by atoms with Gasteiger partial charge in [0, 0.05) is 5.69 Å². The minimum Gasteiger partial charge on any atom is -0.451 e. The number of esters is 1. The molecule has 1 amide bonds. The topological polar surface area (TPSA) is 99.0 Å². The summed E-state index contributed by atoms with van der Waals surface area (Å²) in [4.78, 5) is 24.9. The van der Waals surface area contributed by atoms with E-state index in [4.69, 9.17) is 4.74 Å². The zero-order valence-corrected chi connectivity index (χ0v) is 16.4. The van der Waals surface area contributed by atoms with E-state index in [0.29, 0.717) is 11.5 Å². The third-order valence-corrected chi connectivity index (χ3v) is 4.29. The maximum absolute atomic E-state index is 12.7. The predicted molar refractivity (Wildman–Crippen MR) is 109 cm³/mol. The standard InChI is InChI=1S/C21H21N5O3/c1-14-9-10-18(11-15(14)2)22-20(27)13-29-21(28)19(26-16(3)23-24-25-26)12-17-7-5-4-6-8-17/h4-12H,13H2,1-3H3,(H,22,27)/b19-12-. The fraction of sp³-hybridized carbons (Fsp3) is 0.190. The lowest BCUT2D eigenvalue weighted by Crippen LogP contribution is -2.23. The number of aryl methyl sites for hydroxylation is 3. The van der Waals surface area contributed by atoms with Crippen LogP contribution >= 0.6 is 0 Å². The number of tetrazole rings is 1. The summed E-state index contributed by atoms with van der Waals surface area (Å²) in [5.74, 6) is -0.725. The summed E-state index contributed by atoms with van der Waals surface area (Å²) < 4.78 is 6.48. The number of anilines is 1. The first-order valence-corrected chi connectivity index (χ1v) is 9.00. The van der Waals surface area contributed by atoms with E-state index in [1.165, 1.54) is 4.68 Å². The Bertz CT molecular complexity index is 1060. The number of nitrogens with one attached hydrogen (secondary N) is 1. The van der Waals surface area contributed by atoms with Crippen LogP contribution in [0.15, 0.2) is 48.5 Å². The number of nitrogens with zero attached hydrogens (tertiary/aromatic N) is 4. The largest absolute Gasteiger partial charge is 0.451 e. The van der Waals surface area contributed by atoms with Crippen LogP contribution in [0.5, 0.6) is 0 Å². The third-order valence-electron chi connectivity index (χ3n) is 4.29. The molecule has 2 aromatic carbocycles. The number of amides is 1. The van der Waals surface area contributed by atoms with Crippen molar-refractivity contribution in [2.24, 2.45) is 0 Å². The Kier molecular flexibility index (Phi) is 6.13. The van der Waals surface area contributed by atoms with Crippen molar-refractivity contribution in [3.05, 3.63) is 71.0 Å². The van der Waals surface area contributed by atoms with E-state index in [-0.39, 0.29) is 5.70 Å². The van der Waals surface area contributed by atoms with E-state index in [2.05, 4.69) is 20.8 Å². The van der Waals surface area contributed by atoms with Crippen LogP contribution in [0, 0.1) is 20.8 Å². The molecule has 8 heteroatoms. The molecule has 0 unspecified atom stereocenters. The lowest BCUT2D eigenvalue weighted by molar-refractivity contribution is -0.141. The molecule has 3 rings (SSSR count). The zero-order valence-electron chi connectivity index (χ0n) is 16.4. The van der Waals surface area contributed by atoms with Gasteiger partial charge in [-0.05, 0) is 66.1 Å². The average molecular weight is 391 g/mol. The van der Waals surface area contributed by atoms with Crippen LogP contribution in [0.4, 0.5) is 5.69 Å². The van der Waals surface area contributed by atoms with Gasteiger partial charge in [-0.15, -0.1) is 5.10 Å². The molecule has 148 valence electrons. The molecule has 8 nitrogen and oxygen atoms in total. The highest BCUT2D eigenvalue weighted by Gasteiger charge is 2.19. The van der Waals surface area contributed by atoms with Crippen molar-refractivity contribution in [3.63, 3.8) is 0 Å². The van der Waals surface area contributed by atoms with Gasteiger partial charge in [-0.3, -0.25) is 4.79 Å². The van der Waals surface area contributed by atoms with Gasteiger partial charge in [0.05, 0.1) is 0 Å². The third kappa shape index (κ3) is 5.13. The molecule has 0 saturated carbocycles. The first-order valence-electron chi connectivity index (χ1n) is 9.00. The van der Waals surface area contributed by atoms with Gasteiger partial charge in [0.15, 0.2) is 18.1 Å². The molecule has 0 aliphatic heterocycles. The fourth-order valence-electron chi connectivity index (χ4n) is 2.59. The molecule has 1 aromatic heterocycles. The molecule has 0 radical (unpaired) electrons. The van der Waals surface area contributed by atoms with Crippen molar-refractivity contribution in [2.45, 2.75) is 20.8 Å². The number of hydrogen-bond donors (Lipinski definition) is 1. The Morgan fingerprint density at radius 3 is 2.48 bits per heavy atom. The van der Waals surface area contributed by atoms with Crippen LogP contribution in [-0.4, -0.2) is 38.7 Å². The van der Waals surface area contributed by atoms with Crippen molar-refractivity contribution in [3.8, 4) is 0 Å². The van der Waals surface area contributed by atoms with E-state index in [1.807, 2.05) is 56.3 Å². The number of hydrogen-bond acceptors (Lipinski definition) is 6. The first kappa shape index (κ1) is 19.9. The molecule has 0 atom stereocenters. The molecule has 3 aromatic rings. The van der Waals surface area contributed by atoms with Crippen molar-refractivity contribution in [2.75, 3.05) is 11.9 Å². The summed E-state index contributed by atoms with van der Waals surface area (Å²) in [6.45, 7) is 5.18. The lowest BCUT2D eigenvalue weighted by atomic mass is 10.1. The predicted octanol–water partition coefficient (Wildman–Crippen LogP) is 2.78. The van der Waals surface area contributed by atoms with Gasteiger partial charge in [0.25, 0.3) is 5.91 Å². The zero-order chi connectivity index (χ0) is 20.8.